The summed E-state index contributed by atoms with van der Waals surface area (Å²) in [6.45, 7) is 6.08. The van der Waals surface area contributed by atoms with Crippen molar-refractivity contribution in [2.75, 3.05) is 13.7 Å². The van der Waals surface area contributed by atoms with E-state index in [-0.39, 0.29) is 0 Å². The normalized spacial score (nSPS) is 12.1. The Morgan fingerprint density at radius 3 is 2.36 bits per heavy atom. The lowest BCUT2D eigenvalue weighted by atomic mass is 10.2. The maximum absolute atomic E-state index is 9.33. The predicted octanol–water partition coefficient (Wildman–Crippen LogP) is 1.51. The summed E-state index contributed by atoms with van der Waals surface area (Å²) in [7, 11) is 1.57. The molecule has 1 atom stereocenters. The van der Waals surface area contributed by atoms with Crippen LogP contribution in [0.5, 0.6) is 0 Å². The summed E-state index contributed by atoms with van der Waals surface area (Å²) in [6.07, 6.45) is -0.519. The van der Waals surface area contributed by atoms with Crippen LogP contribution in [0.2, 0.25) is 0 Å². The molecule has 0 amide bonds. The fourth-order valence-corrected chi connectivity index (χ4v) is 0.761. The van der Waals surface area contributed by atoms with Crippen molar-refractivity contribution < 1.29 is 9.84 Å². The van der Waals surface area contributed by atoms with Crippen LogP contribution in [-0.2, 0) is 4.74 Å². The third-order valence-electron chi connectivity index (χ3n) is 1.27. The molecule has 0 aliphatic rings. The topological polar surface area (TPSA) is 29.5 Å². The minimum atomic E-state index is -0.519. The van der Waals surface area contributed by atoms with Crippen molar-refractivity contribution in [2.45, 2.75) is 26.9 Å². The van der Waals surface area contributed by atoms with Crippen LogP contribution >= 0.6 is 0 Å². The second kappa shape index (κ2) is 5.14. The van der Waals surface area contributed by atoms with E-state index >= 15 is 0 Å². The zero-order valence-corrected chi connectivity index (χ0v) is 7.64. The van der Waals surface area contributed by atoms with Crippen LogP contribution in [0.15, 0.2) is 16.9 Å². The van der Waals surface area contributed by atoms with E-state index in [4.69, 9.17) is 4.74 Å². The summed E-state index contributed by atoms with van der Waals surface area (Å²) in [6, 6.07) is 0. The first-order chi connectivity index (χ1) is 5.07. The van der Waals surface area contributed by atoms with Gasteiger partial charge in [0.25, 0.3) is 0 Å². The first kappa shape index (κ1) is 10.4. The molecule has 0 aliphatic heterocycles. The van der Waals surface area contributed by atoms with Gasteiger partial charge in [-0.15, -0.1) is 5.73 Å². The van der Waals surface area contributed by atoms with Crippen LogP contribution in [0.1, 0.15) is 20.8 Å². The monoisotopic (exact) mass is 156 g/mol. The van der Waals surface area contributed by atoms with E-state index in [2.05, 4.69) is 5.73 Å². The van der Waals surface area contributed by atoms with Gasteiger partial charge in [-0.2, -0.15) is 0 Å². The average molecular weight is 156 g/mol. The van der Waals surface area contributed by atoms with E-state index < -0.39 is 6.10 Å². The van der Waals surface area contributed by atoms with Crippen molar-refractivity contribution in [2.24, 2.45) is 0 Å². The van der Waals surface area contributed by atoms with Gasteiger partial charge in [-0.3, -0.25) is 0 Å². The number of ether oxygens (including phenoxy) is 1. The molecule has 0 bridgehead atoms. The first-order valence-electron chi connectivity index (χ1n) is 3.65. The van der Waals surface area contributed by atoms with Gasteiger partial charge >= 0.3 is 0 Å². The molecule has 0 fully saturated rings. The van der Waals surface area contributed by atoms with Crippen molar-refractivity contribution in [3.05, 3.63) is 16.9 Å². The summed E-state index contributed by atoms with van der Waals surface area (Å²) in [5.74, 6) is 0. The van der Waals surface area contributed by atoms with Crippen molar-refractivity contribution in [1.82, 2.24) is 0 Å². The molecule has 0 heterocycles. The molecular weight excluding hydrogens is 140 g/mol. The Bertz CT molecular complexity index is 172. The molecule has 0 saturated heterocycles. The lowest BCUT2D eigenvalue weighted by Crippen LogP contribution is -2.14. The quantitative estimate of drug-likeness (QED) is 0.627. The molecular formula is C9H16O2. The number of hydrogen-bond acceptors (Lipinski definition) is 2. The molecule has 0 unspecified atom stereocenters. The third kappa shape index (κ3) is 4.79. The molecule has 2 heteroatoms. The smallest absolute Gasteiger partial charge is 0.105 e. The Hall–Kier alpha value is -0.560. The zero-order valence-electron chi connectivity index (χ0n) is 7.64. The molecule has 0 aromatic carbocycles. The Labute approximate surface area is 68.2 Å². The van der Waals surface area contributed by atoms with Crippen molar-refractivity contribution in [1.29, 1.82) is 0 Å². The van der Waals surface area contributed by atoms with E-state index in [0.717, 1.165) is 11.1 Å². The zero-order chi connectivity index (χ0) is 8.85. The molecule has 0 spiro atoms. The largest absolute Gasteiger partial charge is 0.386 e. The molecule has 0 radical (unpaired) electrons. The van der Waals surface area contributed by atoms with Crippen LogP contribution in [0.3, 0.4) is 0 Å². The molecule has 11 heavy (non-hydrogen) atoms. The van der Waals surface area contributed by atoms with Crippen LogP contribution < -0.4 is 0 Å². The standard InChI is InChI=1S/C9H16O2/c1-7(2)5-8(3)9(10)6-11-4/h9-10H,6H2,1-4H3/t9-/m0/s1. The number of methoxy groups -OCH3 is 1. The molecule has 0 aromatic rings. The molecule has 64 valence electrons. The van der Waals surface area contributed by atoms with Crippen molar-refractivity contribution in [3.8, 4) is 0 Å². The lowest BCUT2D eigenvalue weighted by molar-refractivity contribution is 0.0867. The van der Waals surface area contributed by atoms with Gasteiger partial charge in [-0.05, 0) is 31.9 Å². The highest BCUT2D eigenvalue weighted by Crippen LogP contribution is 2.00. The minimum absolute atomic E-state index is 0.339. The summed E-state index contributed by atoms with van der Waals surface area (Å²) in [5.41, 5.74) is 4.92. The van der Waals surface area contributed by atoms with Crippen molar-refractivity contribution >= 4 is 0 Å². The van der Waals surface area contributed by atoms with Crippen molar-refractivity contribution in [3.63, 3.8) is 0 Å². The highest BCUT2D eigenvalue weighted by Gasteiger charge is 2.03. The van der Waals surface area contributed by atoms with Crippen LogP contribution in [0.4, 0.5) is 0 Å². The molecule has 0 saturated carbocycles. The van der Waals surface area contributed by atoms with Gasteiger partial charge in [0.2, 0.25) is 0 Å². The molecule has 1 N–H and O–H groups in total. The van der Waals surface area contributed by atoms with E-state index in [1.54, 1.807) is 7.11 Å². The van der Waals surface area contributed by atoms with Gasteiger partial charge in [-0.1, -0.05) is 0 Å². The maximum Gasteiger partial charge on any atom is 0.105 e. The summed E-state index contributed by atoms with van der Waals surface area (Å²) < 4.78 is 4.79. The van der Waals surface area contributed by atoms with E-state index in [1.807, 2.05) is 20.8 Å². The highest BCUT2D eigenvalue weighted by atomic mass is 16.5. The average Bonchev–Trinajstić information content (AvgIpc) is 1.86. The lowest BCUT2D eigenvalue weighted by Gasteiger charge is -2.06. The summed E-state index contributed by atoms with van der Waals surface area (Å²) >= 11 is 0. The van der Waals surface area contributed by atoms with Gasteiger partial charge in [-0.25, -0.2) is 0 Å². The summed E-state index contributed by atoms with van der Waals surface area (Å²) in [5, 5.41) is 9.33. The Morgan fingerprint density at radius 2 is 2.00 bits per heavy atom. The SMILES string of the molecule is COC[C@H](O)C(C)=C=C(C)C. The second-order valence-electron chi connectivity index (χ2n) is 2.78. The first-order valence-corrected chi connectivity index (χ1v) is 3.65. The molecule has 2 nitrogen and oxygen atoms in total. The number of hydrogen-bond donors (Lipinski definition) is 1. The van der Waals surface area contributed by atoms with E-state index in [0.29, 0.717) is 6.61 Å². The van der Waals surface area contributed by atoms with Gasteiger partial charge < -0.3 is 9.84 Å². The van der Waals surface area contributed by atoms with Gasteiger partial charge in [0.15, 0.2) is 0 Å². The number of rotatable bonds is 3. The van der Waals surface area contributed by atoms with E-state index in [9.17, 15) is 5.11 Å². The van der Waals surface area contributed by atoms with Crippen LogP contribution in [0.25, 0.3) is 0 Å². The molecule has 0 rings (SSSR count). The Morgan fingerprint density at radius 1 is 1.45 bits per heavy atom. The van der Waals surface area contributed by atoms with Crippen LogP contribution in [0, 0.1) is 0 Å². The Balaban J connectivity index is 4.23. The fourth-order valence-electron chi connectivity index (χ4n) is 0.761. The van der Waals surface area contributed by atoms with Gasteiger partial charge in [0.1, 0.15) is 6.10 Å². The third-order valence-corrected chi connectivity index (χ3v) is 1.27. The van der Waals surface area contributed by atoms with E-state index in [1.165, 1.54) is 0 Å². The Kier molecular flexibility index (Phi) is 4.88. The summed E-state index contributed by atoms with van der Waals surface area (Å²) in [4.78, 5) is 0. The van der Waals surface area contributed by atoms with Gasteiger partial charge in [0.05, 0.1) is 6.61 Å². The number of aliphatic hydroxyl groups is 1. The maximum atomic E-state index is 9.33. The highest BCUT2D eigenvalue weighted by molar-refractivity contribution is 5.07. The fraction of sp³-hybridized carbons (Fsp3) is 0.667. The second-order valence-corrected chi connectivity index (χ2v) is 2.78. The molecule has 0 aliphatic carbocycles. The van der Waals surface area contributed by atoms with Gasteiger partial charge in [0, 0.05) is 7.11 Å². The minimum Gasteiger partial charge on any atom is -0.386 e. The van der Waals surface area contributed by atoms with Crippen LogP contribution in [-0.4, -0.2) is 24.9 Å². The number of aliphatic hydroxyl groups excluding tert-OH is 1. The molecule has 0 aromatic heterocycles. The predicted molar refractivity (Wildman–Crippen MR) is 45.4 cm³/mol.